The number of fused-ring (bicyclic) bond motifs is 2. The fraction of sp³-hybridized carbons (Fsp3) is 0.923. The van der Waals surface area contributed by atoms with Gasteiger partial charge in [-0.1, -0.05) is 0 Å². The first-order valence-corrected chi connectivity index (χ1v) is 6.82. The summed E-state index contributed by atoms with van der Waals surface area (Å²) in [6.07, 6.45) is 4.85. The number of carbonyl (C=O) groups is 1. The van der Waals surface area contributed by atoms with Crippen molar-refractivity contribution < 1.29 is 4.79 Å². The van der Waals surface area contributed by atoms with Crippen molar-refractivity contribution in [1.29, 1.82) is 0 Å². The Labute approximate surface area is 103 Å². The first-order chi connectivity index (χ1) is 8.02. The summed E-state index contributed by atoms with van der Waals surface area (Å²) in [6.45, 7) is 5.20. The van der Waals surface area contributed by atoms with E-state index in [0.717, 1.165) is 19.4 Å². The average Bonchev–Trinajstić information content (AvgIpc) is 2.67. The van der Waals surface area contributed by atoms with Crippen molar-refractivity contribution in [3.05, 3.63) is 0 Å². The first-order valence-electron chi connectivity index (χ1n) is 6.82. The summed E-state index contributed by atoms with van der Waals surface area (Å²) in [4.78, 5) is 16.3. The lowest BCUT2D eigenvalue weighted by atomic mass is 9.82. The van der Waals surface area contributed by atoms with Crippen LogP contribution in [0, 0.1) is 0 Å². The second-order valence-electron chi connectivity index (χ2n) is 6.37. The predicted octanol–water partition coefficient (Wildman–Crippen LogP) is 1.42. The van der Waals surface area contributed by atoms with Crippen molar-refractivity contribution in [2.24, 2.45) is 0 Å². The number of hydrogen-bond donors (Lipinski definition) is 1. The largest absolute Gasteiger partial charge is 0.325 e. The zero-order valence-electron chi connectivity index (χ0n) is 11.1. The van der Waals surface area contributed by atoms with E-state index in [2.05, 4.69) is 24.1 Å². The number of carbonyl (C=O) groups excluding carboxylic acids is 1. The molecule has 4 nitrogen and oxygen atoms in total. The maximum absolute atomic E-state index is 12.3. The van der Waals surface area contributed by atoms with E-state index in [1.807, 2.05) is 11.9 Å². The van der Waals surface area contributed by atoms with Crippen LogP contribution in [0.4, 0.5) is 4.79 Å². The molecule has 0 aromatic heterocycles. The molecule has 3 saturated heterocycles. The molecule has 0 aliphatic carbocycles. The third-order valence-corrected chi connectivity index (χ3v) is 4.68. The van der Waals surface area contributed by atoms with Crippen LogP contribution in [0.2, 0.25) is 0 Å². The standard InChI is InChI=1S/C13H23N3O/c1-9(2)16-12(17)15(3)8-13(16)6-10-4-5-11(7-13)14-10/h9-11,14H,4-8H2,1-3H3/t10-,11?,13?/m1/s1. The molecular weight excluding hydrogens is 214 g/mol. The topological polar surface area (TPSA) is 35.6 Å². The monoisotopic (exact) mass is 237 g/mol. The zero-order chi connectivity index (χ0) is 12.2. The van der Waals surface area contributed by atoms with Gasteiger partial charge < -0.3 is 15.1 Å². The van der Waals surface area contributed by atoms with Gasteiger partial charge in [0.05, 0.1) is 5.54 Å². The van der Waals surface area contributed by atoms with E-state index in [1.165, 1.54) is 12.8 Å². The molecule has 3 aliphatic rings. The Morgan fingerprint density at radius 1 is 1.29 bits per heavy atom. The number of likely N-dealkylation sites (N-methyl/N-ethyl adjacent to an activating group) is 1. The van der Waals surface area contributed by atoms with Gasteiger partial charge in [-0.15, -0.1) is 0 Å². The smallest absolute Gasteiger partial charge is 0.320 e. The van der Waals surface area contributed by atoms with Gasteiger partial charge >= 0.3 is 6.03 Å². The minimum Gasteiger partial charge on any atom is -0.325 e. The Hall–Kier alpha value is -0.770. The molecule has 4 heteroatoms. The van der Waals surface area contributed by atoms with Gasteiger partial charge in [-0.25, -0.2) is 4.79 Å². The first kappa shape index (κ1) is 11.3. The lowest BCUT2D eigenvalue weighted by Crippen LogP contribution is -2.59. The molecule has 2 bridgehead atoms. The van der Waals surface area contributed by atoms with Crippen LogP contribution in [-0.2, 0) is 0 Å². The number of amides is 2. The van der Waals surface area contributed by atoms with Crippen molar-refractivity contribution in [1.82, 2.24) is 15.1 Å². The molecular formula is C13H23N3O. The SMILES string of the molecule is CC(C)N1C(=O)N(C)CC12CC1CC[C@H](C2)N1. The highest BCUT2D eigenvalue weighted by Gasteiger charge is 2.54. The van der Waals surface area contributed by atoms with Crippen LogP contribution in [0.25, 0.3) is 0 Å². The van der Waals surface area contributed by atoms with E-state index in [9.17, 15) is 4.79 Å². The van der Waals surface area contributed by atoms with Crippen molar-refractivity contribution >= 4 is 6.03 Å². The lowest BCUT2D eigenvalue weighted by molar-refractivity contribution is 0.0828. The molecule has 3 fully saturated rings. The Bertz CT molecular complexity index is 330. The van der Waals surface area contributed by atoms with Crippen molar-refractivity contribution in [3.63, 3.8) is 0 Å². The van der Waals surface area contributed by atoms with Crippen molar-refractivity contribution in [2.75, 3.05) is 13.6 Å². The molecule has 3 aliphatic heterocycles. The Morgan fingerprint density at radius 2 is 1.88 bits per heavy atom. The average molecular weight is 237 g/mol. The molecule has 3 rings (SSSR count). The number of nitrogens with zero attached hydrogens (tertiary/aromatic N) is 2. The van der Waals surface area contributed by atoms with Crippen molar-refractivity contribution in [2.45, 2.75) is 63.2 Å². The van der Waals surface area contributed by atoms with E-state index in [4.69, 9.17) is 0 Å². The molecule has 3 heterocycles. The van der Waals surface area contributed by atoms with Crippen LogP contribution in [0.15, 0.2) is 0 Å². The van der Waals surface area contributed by atoms with Gasteiger partial charge in [0.2, 0.25) is 0 Å². The zero-order valence-corrected chi connectivity index (χ0v) is 11.1. The number of urea groups is 1. The third-order valence-electron chi connectivity index (χ3n) is 4.68. The van der Waals surface area contributed by atoms with Gasteiger partial charge in [-0.3, -0.25) is 0 Å². The van der Waals surface area contributed by atoms with Gasteiger partial charge in [0, 0.05) is 31.7 Å². The summed E-state index contributed by atoms with van der Waals surface area (Å²) in [5.41, 5.74) is 0.108. The molecule has 0 radical (unpaired) electrons. The molecule has 1 N–H and O–H groups in total. The summed E-state index contributed by atoms with van der Waals surface area (Å²) in [5.74, 6) is 0. The number of nitrogens with one attached hydrogen (secondary N) is 1. The number of hydrogen-bond acceptors (Lipinski definition) is 2. The number of rotatable bonds is 1. The van der Waals surface area contributed by atoms with Gasteiger partial charge in [-0.05, 0) is 39.5 Å². The quantitative estimate of drug-likeness (QED) is 0.748. The highest BCUT2D eigenvalue weighted by atomic mass is 16.2. The molecule has 0 saturated carbocycles. The molecule has 2 unspecified atom stereocenters. The van der Waals surface area contributed by atoms with E-state index in [1.54, 1.807) is 0 Å². The molecule has 96 valence electrons. The second kappa shape index (κ2) is 3.61. The van der Waals surface area contributed by atoms with E-state index in [0.29, 0.717) is 18.1 Å². The lowest BCUT2D eigenvalue weighted by Gasteiger charge is -2.45. The molecule has 1 spiro atoms. The van der Waals surface area contributed by atoms with Crippen LogP contribution in [0.1, 0.15) is 39.5 Å². The molecule has 0 aromatic carbocycles. The Balaban J connectivity index is 1.92. The fourth-order valence-electron chi connectivity index (χ4n) is 4.29. The molecule has 3 atom stereocenters. The summed E-state index contributed by atoms with van der Waals surface area (Å²) in [5, 5.41) is 3.67. The Kier molecular flexibility index (Phi) is 2.41. The Morgan fingerprint density at radius 3 is 2.41 bits per heavy atom. The second-order valence-corrected chi connectivity index (χ2v) is 6.37. The molecule has 17 heavy (non-hydrogen) atoms. The van der Waals surface area contributed by atoms with Gasteiger partial charge in [0.15, 0.2) is 0 Å². The maximum Gasteiger partial charge on any atom is 0.320 e. The summed E-state index contributed by atoms with van der Waals surface area (Å²) in [6, 6.07) is 1.80. The third kappa shape index (κ3) is 1.57. The van der Waals surface area contributed by atoms with Crippen LogP contribution < -0.4 is 5.32 Å². The van der Waals surface area contributed by atoms with Gasteiger partial charge in [-0.2, -0.15) is 0 Å². The maximum atomic E-state index is 12.3. The summed E-state index contributed by atoms with van der Waals surface area (Å²) < 4.78 is 0. The van der Waals surface area contributed by atoms with Crippen LogP contribution in [0.5, 0.6) is 0 Å². The van der Waals surface area contributed by atoms with E-state index < -0.39 is 0 Å². The minimum atomic E-state index is 0.108. The van der Waals surface area contributed by atoms with Crippen LogP contribution in [-0.4, -0.2) is 53.1 Å². The van der Waals surface area contributed by atoms with E-state index >= 15 is 0 Å². The van der Waals surface area contributed by atoms with E-state index in [-0.39, 0.29) is 11.6 Å². The highest BCUT2D eigenvalue weighted by Crippen LogP contribution is 2.42. The van der Waals surface area contributed by atoms with Crippen LogP contribution in [0.3, 0.4) is 0 Å². The number of piperidine rings is 1. The highest BCUT2D eigenvalue weighted by molar-refractivity contribution is 5.78. The summed E-state index contributed by atoms with van der Waals surface area (Å²) >= 11 is 0. The minimum absolute atomic E-state index is 0.108. The summed E-state index contributed by atoms with van der Waals surface area (Å²) in [7, 11) is 1.94. The predicted molar refractivity (Wildman–Crippen MR) is 66.9 cm³/mol. The van der Waals surface area contributed by atoms with Crippen molar-refractivity contribution in [3.8, 4) is 0 Å². The molecule has 2 amide bonds. The van der Waals surface area contributed by atoms with Crippen LogP contribution >= 0.6 is 0 Å². The molecule has 0 aromatic rings. The fourth-order valence-corrected chi connectivity index (χ4v) is 4.29. The van der Waals surface area contributed by atoms with Gasteiger partial charge in [0.1, 0.15) is 0 Å². The van der Waals surface area contributed by atoms with Gasteiger partial charge in [0.25, 0.3) is 0 Å². The normalized spacial score (nSPS) is 41.1.